The number of benzene rings is 3. The molecule has 0 fully saturated rings. The van der Waals surface area contributed by atoms with Gasteiger partial charge in [0.2, 0.25) is 0 Å². The van der Waals surface area contributed by atoms with Crippen LogP contribution in [0.15, 0.2) is 78.9 Å². The summed E-state index contributed by atoms with van der Waals surface area (Å²) in [5.74, 6) is 0. The zero-order valence-corrected chi connectivity index (χ0v) is 12.2. The number of rotatable bonds is 4. The molecule has 21 heavy (non-hydrogen) atoms. The second-order valence-electron chi connectivity index (χ2n) is 5.09. The van der Waals surface area contributed by atoms with Crippen molar-refractivity contribution in [2.75, 3.05) is 5.32 Å². The van der Waals surface area contributed by atoms with E-state index >= 15 is 0 Å². The van der Waals surface area contributed by atoms with E-state index in [2.05, 4.69) is 85.0 Å². The molecule has 0 amide bonds. The molecule has 0 bridgehead atoms. The van der Waals surface area contributed by atoms with E-state index in [1.54, 1.807) is 0 Å². The Balaban J connectivity index is 1.96. The molecule has 0 aliphatic carbocycles. The van der Waals surface area contributed by atoms with Crippen LogP contribution in [0.5, 0.6) is 0 Å². The molecule has 0 heterocycles. The molecule has 0 radical (unpaired) electrons. The number of hydrogen-bond donors (Lipinski definition) is 1. The minimum Gasteiger partial charge on any atom is -0.355 e. The molecule has 1 heteroatoms. The zero-order valence-electron chi connectivity index (χ0n) is 12.2. The average Bonchev–Trinajstić information content (AvgIpc) is 2.56. The highest BCUT2D eigenvalue weighted by molar-refractivity contribution is 5.80. The van der Waals surface area contributed by atoms with Crippen LogP contribution < -0.4 is 5.32 Å². The van der Waals surface area contributed by atoms with E-state index < -0.39 is 0 Å². The van der Waals surface area contributed by atoms with E-state index in [-0.39, 0.29) is 0 Å². The highest BCUT2D eigenvalue weighted by Gasteiger charge is 2.04. The third-order valence-electron chi connectivity index (χ3n) is 3.63. The summed E-state index contributed by atoms with van der Waals surface area (Å²) in [5.41, 5.74) is 6.07. The van der Waals surface area contributed by atoms with Crippen LogP contribution >= 0.6 is 0 Å². The first-order valence-corrected chi connectivity index (χ1v) is 7.37. The molecule has 0 aromatic heterocycles. The van der Waals surface area contributed by atoms with Crippen LogP contribution in [-0.4, -0.2) is 0 Å². The monoisotopic (exact) mass is 273 g/mol. The molecular formula is C20H19N. The van der Waals surface area contributed by atoms with Gasteiger partial charge in [-0.25, -0.2) is 0 Å². The largest absolute Gasteiger partial charge is 0.355 e. The molecule has 1 N–H and O–H groups in total. The van der Waals surface area contributed by atoms with Gasteiger partial charge >= 0.3 is 0 Å². The highest BCUT2D eigenvalue weighted by Crippen LogP contribution is 2.30. The molecule has 0 unspecified atom stereocenters. The lowest BCUT2D eigenvalue weighted by atomic mass is 10.0. The first-order valence-electron chi connectivity index (χ1n) is 7.37. The lowest BCUT2D eigenvalue weighted by Crippen LogP contribution is -1.94. The fourth-order valence-corrected chi connectivity index (χ4v) is 2.49. The molecule has 0 atom stereocenters. The molecule has 0 spiro atoms. The predicted octanol–water partition coefficient (Wildman–Crippen LogP) is 5.66. The molecule has 0 saturated carbocycles. The van der Waals surface area contributed by atoms with Crippen molar-refractivity contribution in [3.63, 3.8) is 0 Å². The Hall–Kier alpha value is -2.54. The fourth-order valence-electron chi connectivity index (χ4n) is 2.49. The normalized spacial score (nSPS) is 10.3. The average molecular weight is 273 g/mol. The van der Waals surface area contributed by atoms with Crippen LogP contribution in [0.2, 0.25) is 0 Å². The molecule has 0 saturated heterocycles. The second kappa shape index (κ2) is 6.27. The van der Waals surface area contributed by atoms with Crippen LogP contribution in [0, 0.1) is 0 Å². The van der Waals surface area contributed by atoms with Gasteiger partial charge in [0.1, 0.15) is 0 Å². The highest BCUT2D eigenvalue weighted by atomic mass is 14.9. The van der Waals surface area contributed by atoms with Gasteiger partial charge in [0, 0.05) is 16.9 Å². The minimum absolute atomic E-state index is 1.05. The van der Waals surface area contributed by atoms with Crippen molar-refractivity contribution < 1.29 is 0 Å². The van der Waals surface area contributed by atoms with Gasteiger partial charge in [-0.3, -0.25) is 0 Å². The van der Waals surface area contributed by atoms with Gasteiger partial charge in [-0.2, -0.15) is 0 Å². The summed E-state index contributed by atoms with van der Waals surface area (Å²) < 4.78 is 0. The third-order valence-corrected chi connectivity index (χ3v) is 3.63. The number of aryl methyl sites for hydroxylation is 1. The van der Waals surface area contributed by atoms with E-state index in [1.165, 1.54) is 16.7 Å². The summed E-state index contributed by atoms with van der Waals surface area (Å²) in [6, 6.07) is 27.5. The van der Waals surface area contributed by atoms with E-state index in [0.717, 1.165) is 17.8 Å². The van der Waals surface area contributed by atoms with Crippen LogP contribution in [0.1, 0.15) is 12.5 Å². The van der Waals surface area contributed by atoms with Crippen molar-refractivity contribution in [3.8, 4) is 11.1 Å². The summed E-state index contributed by atoms with van der Waals surface area (Å²) in [6.45, 7) is 2.18. The number of hydrogen-bond acceptors (Lipinski definition) is 1. The zero-order chi connectivity index (χ0) is 14.5. The first-order chi connectivity index (χ1) is 10.4. The third kappa shape index (κ3) is 3.14. The Bertz CT molecular complexity index is 717. The molecule has 3 aromatic rings. The summed E-state index contributed by atoms with van der Waals surface area (Å²) >= 11 is 0. The van der Waals surface area contributed by atoms with Gasteiger partial charge < -0.3 is 5.32 Å². The van der Waals surface area contributed by atoms with Crippen molar-refractivity contribution in [1.82, 2.24) is 0 Å². The number of para-hydroxylation sites is 1. The van der Waals surface area contributed by atoms with Gasteiger partial charge in [0.15, 0.2) is 0 Å². The molecule has 0 aliphatic heterocycles. The smallest absolute Gasteiger partial charge is 0.0463 e. The van der Waals surface area contributed by atoms with Crippen molar-refractivity contribution in [2.45, 2.75) is 13.3 Å². The van der Waals surface area contributed by atoms with Gasteiger partial charge in [0.05, 0.1) is 0 Å². The Morgan fingerprint density at radius 1 is 0.762 bits per heavy atom. The van der Waals surface area contributed by atoms with Crippen LogP contribution in [0.3, 0.4) is 0 Å². The Kier molecular flexibility index (Phi) is 4.02. The number of nitrogens with one attached hydrogen (secondary N) is 1. The van der Waals surface area contributed by atoms with E-state index in [4.69, 9.17) is 0 Å². The van der Waals surface area contributed by atoms with E-state index in [9.17, 15) is 0 Å². The predicted molar refractivity (Wildman–Crippen MR) is 91.0 cm³/mol. The van der Waals surface area contributed by atoms with Crippen molar-refractivity contribution in [1.29, 1.82) is 0 Å². The fraction of sp³-hybridized carbons (Fsp3) is 0.100. The summed E-state index contributed by atoms with van der Waals surface area (Å²) in [4.78, 5) is 0. The SMILES string of the molecule is CCc1cccc(Nc2ccccc2-c2ccccc2)c1. The molecule has 3 rings (SSSR count). The minimum atomic E-state index is 1.05. The first kappa shape index (κ1) is 13.4. The van der Waals surface area contributed by atoms with Crippen molar-refractivity contribution in [2.24, 2.45) is 0 Å². The summed E-state index contributed by atoms with van der Waals surface area (Å²) in [7, 11) is 0. The Morgan fingerprint density at radius 3 is 2.33 bits per heavy atom. The molecule has 104 valence electrons. The summed E-state index contributed by atoms with van der Waals surface area (Å²) in [5, 5.41) is 3.55. The van der Waals surface area contributed by atoms with Gasteiger partial charge in [0.25, 0.3) is 0 Å². The second-order valence-corrected chi connectivity index (χ2v) is 5.09. The Morgan fingerprint density at radius 2 is 1.52 bits per heavy atom. The van der Waals surface area contributed by atoms with E-state index in [0.29, 0.717) is 0 Å². The maximum atomic E-state index is 3.55. The van der Waals surface area contributed by atoms with Gasteiger partial charge in [-0.05, 0) is 35.7 Å². The molecule has 0 aliphatic rings. The van der Waals surface area contributed by atoms with Crippen LogP contribution in [-0.2, 0) is 6.42 Å². The maximum absolute atomic E-state index is 3.55. The van der Waals surface area contributed by atoms with Crippen LogP contribution in [0.25, 0.3) is 11.1 Å². The van der Waals surface area contributed by atoms with Gasteiger partial charge in [-0.15, -0.1) is 0 Å². The molecule has 1 nitrogen and oxygen atoms in total. The van der Waals surface area contributed by atoms with Crippen LogP contribution in [0.4, 0.5) is 11.4 Å². The van der Waals surface area contributed by atoms with E-state index in [1.807, 2.05) is 6.07 Å². The Labute approximate surface area is 126 Å². The lowest BCUT2D eigenvalue weighted by molar-refractivity contribution is 1.14. The molecular weight excluding hydrogens is 254 g/mol. The molecule has 3 aromatic carbocycles. The quantitative estimate of drug-likeness (QED) is 0.646. The maximum Gasteiger partial charge on any atom is 0.0463 e. The topological polar surface area (TPSA) is 12.0 Å². The van der Waals surface area contributed by atoms with Crippen molar-refractivity contribution >= 4 is 11.4 Å². The van der Waals surface area contributed by atoms with Gasteiger partial charge in [-0.1, -0.05) is 67.6 Å². The standard InChI is InChI=1S/C20H19N/c1-2-16-9-8-12-18(15-16)21-20-14-7-6-13-19(20)17-10-4-3-5-11-17/h3-15,21H,2H2,1H3. The lowest BCUT2D eigenvalue weighted by Gasteiger charge is -2.13. The summed E-state index contributed by atoms with van der Waals surface area (Å²) in [6.07, 6.45) is 1.05. The number of anilines is 2. The van der Waals surface area contributed by atoms with Crippen molar-refractivity contribution in [3.05, 3.63) is 84.4 Å².